The molecule has 7 nitrogen and oxygen atoms in total. The van der Waals surface area contributed by atoms with Gasteiger partial charge in [0.1, 0.15) is 11.6 Å². The molecule has 0 amide bonds. The van der Waals surface area contributed by atoms with Crippen LogP contribution in [0, 0.1) is 6.92 Å². The van der Waals surface area contributed by atoms with E-state index < -0.39 is 11.5 Å². The van der Waals surface area contributed by atoms with Crippen molar-refractivity contribution in [2.45, 2.75) is 13.3 Å². The van der Waals surface area contributed by atoms with E-state index in [0.29, 0.717) is 28.6 Å². The third-order valence-corrected chi connectivity index (χ3v) is 3.72. The van der Waals surface area contributed by atoms with Crippen molar-refractivity contribution in [3.05, 3.63) is 57.5 Å². The molecule has 0 unspecified atom stereocenters. The van der Waals surface area contributed by atoms with E-state index in [1.165, 1.54) is 0 Å². The van der Waals surface area contributed by atoms with Gasteiger partial charge in [-0.1, -0.05) is 12.1 Å². The van der Waals surface area contributed by atoms with E-state index in [0.717, 1.165) is 5.39 Å². The topological polar surface area (TPSA) is 105 Å². The summed E-state index contributed by atoms with van der Waals surface area (Å²) in [5.41, 5.74) is 0.718. The lowest BCUT2D eigenvalue weighted by Crippen LogP contribution is -2.20. The second-order valence-electron chi connectivity index (χ2n) is 5.45. The lowest BCUT2D eigenvalue weighted by molar-refractivity contribution is -0.136. The highest BCUT2D eigenvalue weighted by Gasteiger charge is 2.11. The fourth-order valence-electron chi connectivity index (χ4n) is 2.53. The number of aryl methyl sites for hydroxylation is 1. The van der Waals surface area contributed by atoms with Crippen molar-refractivity contribution in [2.75, 3.05) is 7.11 Å². The molecule has 2 aromatic heterocycles. The Morgan fingerprint density at radius 3 is 2.88 bits per heavy atom. The van der Waals surface area contributed by atoms with Gasteiger partial charge in [0.15, 0.2) is 11.3 Å². The van der Waals surface area contributed by atoms with Crippen molar-refractivity contribution in [1.29, 1.82) is 0 Å². The van der Waals surface area contributed by atoms with E-state index >= 15 is 0 Å². The number of rotatable bonds is 5. The number of aromatic amines is 1. The first-order chi connectivity index (χ1) is 12.0. The number of nitrogens with one attached hydrogen (secondary N) is 1. The van der Waals surface area contributed by atoms with Crippen molar-refractivity contribution in [1.82, 2.24) is 9.97 Å². The van der Waals surface area contributed by atoms with Crippen LogP contribution in [0.1, 0.15) is 22.8 Å². The Labute approximate surface area is 142 Å². The second kappa shape index (κ2) is 6.64. The van der Waals surface area contributed by atoms with Crippen LogP contribution in [0.4, 0.5) is 0 Å². The largest absolute Gasteiger partial charge is 0.493 e. The van der Waals surface area contributed by atoms with E-state index in [1.54, 1.807) is 26.2 Å². The quantitative estimate of drug-likeness (QED) is 0.740. The SMILES string of the molecule is COc1cccc2cc(/C=C/c3nc(C)c(CC(=O)O)c(=O)[nH]3)oc12. The number of methoxy groups -OCH3 is 1. The predicted octanol–water partition coefficient (Wildman–Crippen LogP) is 2.63. The van der Waals surface area contributed by atoms with Crippen LogP contribution in [0.25, 0.3) is 23.1 Å². The van der Waals surface area contributed by atoms with Gasteiger partial charge in [-0.05, 0) is 31.2 Å². The lowest BCUT2D eigenvalue weighted by atomic mass is 10.2. The number of para-hydroxylation sites is 1. The van der Waals surface area contributed by atoms with Gasteiger partial charge in [-0.2, -0.15) is 0 Å². The number of carboxylic acid groups (broad SMARTS) is 1. The fourth-order valence-corrected chi connectivity index (χ4v) is 2.53. The Balaban J connectivity index is 1.92. The Bertz CT molecular complexity index is 1030. The van der Waals surface area contributed by atoms with Gasteiger partial charge in [-0.15, -0.1) is 0 Å². The third-order valence-electron chi connectivity index (χ3n) is 3.72. The first-order valence-corrected chi connectivity index (χ1v) is 7.54. The summed E-state index contributed by atoms with van der Waals surface area (Å²) in [4.78, 5) is 29.6. The third kappa shape index (κ3) is 3.45. The fraction of sp³-hybridized carbons (Fsp3) is 0.167. The maximum Gasteiger partial charge on any atom is 0.308 e. The molecular formula is C18H16N2O5. The Kier molecular flexibility index (Phi) is 4.38. The molecule has 0 saturated carbocycles. The predicted molar refractivity (Wildman–Crippen MR) is 92.6 cm³/mol. The molecule has 7 heteroatoms. The smallest absolute Gasteiger partial charge is 0.308 e. The Morgan fingerprint density at radius 2 is 2.20 bits per heavy atom. The van der Waals surface area contributed by atoms with Crippen molar-refractivity contribution < 1.29 is 19.1 Å². The van der Waals surface area contributed by atoms with Crippen LogP contribution in [-0.2, 0) is 11.2 Å². The van der Waals surface area contributed by atoms with Crippen molar-refractivity contribution in [2.24, 2.45) is 0 Å². The van der Waals surface area contributed by atoms with Crippen LogP contribution >= 0.6 is 0 Å². The summed E-state index contributed by atoms with van der Waals surface area (Å²) in [6.07, 6.45) is 2.92. The summed E-state index contributed by atoms with van der Waals surface area (Å²) in [7, 11) is 1.57. The summed E-state index contributed by atoms with van der Waals surface area (Å²) < 4.78 is 11.0. The zero-order chi connectivity index (χ0) is 18.0. The monoisotopic (exact) mass is 340 g/mol. The molecule has 0 spiro atoms. The average molecular weight is 340 g/mol. The van der Waals surface area contributed by atoms with Gasteiger partial charge in [-0.25, -0.2) is 4.98 Å². The number of hydrogen-bond donors (Lipinski definition) is 2. The van der Waals surface area contributed by atoms with Crippen LogP contribution in [0.2, 0.25) is 0 Å². The maximum absolute atomic E-state index is 12.0. The lowest BCUT2D eigenvalue weighted by Gasteiger charge is -2.02. The van der Waals surface area contributed by atoms with Crippen LogP contribution < -0.4 is 10.3 Å². The standard InChI is InChI=1S/C18H16N2O5/c1-10-13(9-16(21)22)18(23)20-15(19-10)7-6-12-8-11-4-3-5-14(24-2)17(11)25-12/h3-8H,9H2,1-2H3,(H,21,22)(H,19,20,23)/b7-6+. The number of fused-ring (bicyclic) bond motifs is 1. The molecule has 3 aromatic rings. The Morgan fingerprint density at radius 1 is 1.40 bits per heavy atom. The van der Waals surface area contributed by atoms with E-state index in [-0.39, 0.29) is 12.0 Å². The summed E-state index contributed by atoms with van der Waals surface area (Å²) in [5.74, 6) is 0.464. The molecule has 0 aliphatic heterocycles. The number of aliphatic carboxylic acids is 1. The van der Waals surface area contributed by atoms with Crippen molar-refractivity contribution >= 4 is 29.1 Å². The molecular weight excluding hydrogens is 324 g/mol. The molecule has 0 aliphatic carbocycles. The highest BCUT2D eigenvalue weighted by Crippen LogP contribution is 2.29. The minimum atomic E-state index is -1.07. The molecule has 25 heavy (non-hydrogen) atoms. The molecule has 128 valence electrons. The zero-order valence-corrected chi connectivity index (χ0v) is 13.7. The number of aromatic nitrogens is 2. The molecule has 0 aliphatic rings. The molecule has 0 fully saturated rings. The van der Waals surface area contributed by atoms with Crippen molar-refractivity contribution in [3.63, 3.8) is 0 Å². The maximum atomic E-state index is 12.0. The summed E-state index contributed by atoms with van der Waals surface area (Å²) >= 11 is 0. The highest BCUT2D eigenvalue weighted by atomic mass is 16.5. The van der Waals surface area contributed by atoms with Gasteiger partial charge in [-0.3, -0.25) is 9.59 Å². The van der Waals surface area contributed by atoms with E-state index in [1.807, 2.05) is 24.3 Å². The van der Waals surface area contributed by atoms with Crippen LogP contribution in [0.5, 0.6) is 5.75 Å². The highest BCUT2D eigenvalue weighted by molar-refractivity contribution is 5.86. The van der Waals surface area contributed by atoms with Gasteiger partial charge in [0.05, 0.1) is 13.5 Å². The number of H-pyrrole nitrogens is 1. The van der Waals surface area contributed by atoms with E-state index in [4.69, 9.17) is 14.3 Å². The zero-order valence-electron chi connectivity index (χ0n) is 13.7. The number of carboxylic acids is 1. The summed E-state index contributed by atoms with van der Waals surface area (Å²) in [5, 5.41) is 9.73. The van der Waals surface area contributed by atoms with E-state index in [9.17, 15) is 9.59 Å². The van der Waals surface area contributed by atoms with Gasteiger partial charge in [0, 0.05) is 16.6 Å². The molecule has 0 atom stereocenters. The number of ether oxygens (including phenoxy) is 1. The number of nitrogens with zero attached hydrogens (tertiary/aromatic N) is 1. The minimum absolute atomic E-state index is 0.151. The summed E-state index contributed by atoms with van der Waals surface area (Å²) in [6.45, 7) is 1.61. The van der Waals surface area contributed by atoms with Crippen LogP contribution in [-0.4, -0.2) is 28.2 Å². The van der Waals surface area contributed by atoms with Gasteiger partial charge in [0.2, 0.25) is 0 Å². The molecule has 2 N–H and O–H groups in total. The van der Waals surface area contributed by atoms with Crippen molar-refractivity contribution in [3.8, 4) is 5.75 Å². The number of benzene rings is 1. The second-order valence-corrected chi connectivity index (χ2v) is 5.45. The van der Waals surface area contributed by atoms with Crippen LogP contribution in [0.3, 0.4) is 0 Å². The molecule has 3 rings (SSSR count). The number of hydrogen-bond acceptors (Lipinski definition) is 5. The normalized spacial score (nSPS) is 11.3. The summed E-state index contributed by atoms with van der Waals surface area (Å²) in [6, 6.07) is 7.43. The minimum Gasteiger partial charge on any atom is -0.493 e. The average Bonchev–Trinajstić information content (AvgIpc) is 2.99. The molecule has 0 bridgehead atoms. The number of furan rings is 1. The van der Waals surface area contributed by atoms with Crippen LogP contribution in [0.15, 0.2) is 33.5 Å². The Hall–Kier alpha value is -3.35. The van der Waals surface area contributed by atoms with Gasteiger partial charge >= 0.3 is 5.97 Å². The number of carbonyl (C=O) groups is 1. The molecule has 2 heterocycles. The van der Waals surface area contributed by atoms with Gasteiger partial charge < -0.3 is 19.2 Å². The first-order valence-electron chi connectivity index (χ1n) is 7.54. The molecule has 0 radical (unpaired) electrons. The first kappa shape index (κ1) is 16.5. The molecule has 1 aromatic carbocycles. The van der Waals surface area contributed by atoms with Gasteiger partial charge in [0.25, 0.3) is 5.56 Å². The van der Waals surface area contributed by atoms with E-state index in [2.05, 4.69) is 9.97 Å². The molecule has 0 saturated heterocycles.